The molecule has 1 unspecified atom stereocenters. The van der Waals surface area contributed by atoms with Crippen LogP contribution in [-0.2, 0) is 0 Å². The van der Waals surface area contributed by atoms with Crippen molar-refractivity contribution in [2.75, 3.05) is 0 Å². The van der Waals surface area contributed by atoms with Gasteiger partial charge >= 0.3 is 0 Å². The van der Waals surface area contributed by atoms with E-state index in [2.05, 4.69) is 72.0 Å². The Balaban J connectivity index is 2.38. The van der Waals surface area contributed by atoms with Crippen LogP contribution in [0, 0.1) is 3.57 Å². The van der Waals surface area contributed by atoms with Crippen LogP contribution in [0.25, 0.3) is 0 Å². The van der Waals surface area contributed by atoms with Gasteiger partial charge in [-0.3, -0.25) is 0 Å². The Kier molecular flexibility index (Phi) is 4.74. The lowest BCUT2D eigenvalue weighted by Gasteiger charge is -2.10. The highest BCUT2D eigenvalue weighted by Crippen LogP contribution is 2.39. The van der Waals surface area contributed by atoms with Crippen LogP contribution in [0.5, 0.6) is 0 Å². The van der Waals surface area contributed by atoms with Gasteiger partial charge in [0.25, 0.3) is 0 Å². The third kappa shape index (κ3) is 2.83. The number of alkyl halides is 1. The summed E-state index contributed by atoms with van der Waals surface area (Å²) in [6.07, 6.45) is 0. The van der Waals surface area contributed by atoms with Crippen molar-refractivity contribution in [2.45, 2.75) is 4.83 Å². The molecule has 84 valence electrons. The van der Waals surface area contributed by atoms with E-state index >= 15 is 0 Å². The smallest absolute Gasteiger partial charge is 0.0749 e. The molecule has 0 bridgehead atoms. The summed E-state index contributed by atoms with van der Waals surface area (Å²) in [7, 11) is 0. The maximum absolute atomic E-state index is 6.12. The number of benzene rings is 1. The molecule has 0 fully saturated rings. The van der Waals surface area contributed by atoms with Gasteiger partial charge in [0.2, 0.25) is 0 Å². The van der Waals surface area contributed by atoms with E-state index in [0.29, 0.717) is 0 Å². The number of halogens is 4. The zero-order valence-corrected chi connectivity index (χ0v) is 14.8. The fourth-order valence-corrected chi connectivity index (χ4v) is 4.60. The molecule has 2 aromatic rings. The maximum atomic E-state index is 6.12. The van der Waals surface area contributed by atoms with Crippen LogP contribution in [0.1, 0.15) is 15.3 Å². The molecule has 1 atom stereocenters. The summed E-state index contributed by atoms with van der Waals surface area (Å²) < 4.78 is 2.21. The summed E-state index contributed by atoms with van der Waals surface area (Å²) >= 11 is 17.3. The summed E-state index contributed by atoms with van der Waals surface area (Å²) in [5, 5.41) is 2.87. The Morgan fingerprint density at radius 3 is 2.62 bits per heavy atom. The lowest BCUT2D eigenvalue weighted by atomic mass is 10.1. The van der Waals surface area contributed by atoms with Gasteiger partial charge in [-0.25, -0.2) is 0 Å². The van der Waals surface area contributed by atoms with Crippen molar-refractivity contribution < 1.29 is 0 Å². The summed E-state index contributed by atoms with van der Waals surface area (Å²) in [4.78, 5) is 1.45. The largest absolute Gasteiger partial charge is 0.146 e. The fourth-order valence-electron chi connectivity index (χ4n) is 1.31. The molecule has 0 N–H and O–H groups in total. The van der Waals surface area contributed by atoms with Crippen molar-refractivity contribution in [2.24, 2.45) is 0 Å². The first kappa shape index (κ1) is 13.3. The molecule has 2 rings (SSSR count). The van der Waals surface area contributed by atoms with Crippen molar-refractivity contribution in [3.63, 3.8) is 0 Å². The molecule has 5 heteroatoms. The van der Waals surface area contributed by atoms with Crippen LogP contribution in [0.4, 0.5) is 0 Å². The molecule has 0 saturated heterocycles. The normalized spacial score (nSPS) is 12.8. The van der Waals surface area contributed by atoms with Gasteiger partial charge in [0.15, 0.2) is 0 Å². The van der Waals surface area contributed by atoms with E-state index in [1.54, 1.807) is 11.3 Å². The molecule has 0 amide bonds. The quantitative estimate of drug-likeness (QED) is 0.343. The molecule has 0 aliphatic heterocycles. The Labute approximate surface area is 134 Å². The summed E-state index contributed by atoms with van der Waals surface area (Å²) in [5.41, 5.74) is 1.17. The molecule has 0 spiro atoms. The van der Waals surface area contributed by atoms with Crippen LogP contribution in [0.3, 0.4) is 0 Å². The average molecular weight is 492 g/mol. The third-order valence-corrected chi connectivity index (χ3v) is 6.91. The van der Waals surface area contributed by atoms with Gasteiger partial charge in [-0.15, -0.1) is 11.3 Å². The van der Waals surface area contributed by atoms with Crippen molar-refractivity contribution in [1.29, 1.82) is 0 Å². The van der Waals surface area contributed by atoms with Crippen molar-refractivity contribution >= 4 is 77.4 Å². The molecule has 1 aromatic carbocycles. The summed E-state index contributed by atoms with van der Waals surface area (Å²) in [5.74, 6) is 0. The third-order valence-electron chi connectivity index (χ3n) is 2.11. The Morgan fingerprint density at radius 2 is 2.06 bits per heavy atom. The second-order valence-electron chi connectivity index (χ2n) is 3.17. The van der Waals surface area contributed by atoms with Crippen LogP contribution in [0.15, 0.2) is 34.1 Å². The second kappa shape index (κ2) is 5.69. The van der Waals surface area contributed by atoms with E-state index < -0.39 is 0 Å². The fraction of sp³-hybridized carbons (Fsp3) is 0.0909. The van der Waals surface area contributed by atoms with E-state index in [0.717, 1.165) is 13.1 Å². The standard InChI is InChI=1S/C11H6Br2ClIS/c12-7-3-4-16-11(7)10(13)6-1-2-9(15)8(14)5-6/h1-5,10H. The van der Waals surface area contributed by atoms with Gasteiger partial charge in [-0.1, -0.05) is 33.6 Å². The van der Waals surface area contributed by atoms with E-state index in [1.165, 1.54) is 10.4 Å². The highest BCUT2D eigenvalue weighted by Gasteiger charge is 2.15. The van der Waals surface area contributed by atoms with Crippen LogP contribution in [-0.4, -0.2) is 0 Å². The minimum Gasteiger partial charge on any atom is -0.146 e. The molecule has 1 heterocycles. The first-order valence-electron chi connectivity index (χ1n) is 4.41. The zero-order chi connectivity index (χ0) is 11.7. The van der Waals surface area contributed by atoms with Crippen LogP contribution >= 0.6 is 77.4 Å². The highest BCUT2D eigenvalue weighted by atomic mass is 127. The van der Waals surface area contributed by atoms with Crippen LogP contribution < -0.4 is 0 Å². The second-order valence-corrected chi connectivity index (χ2v) is 7.46. The first-order chi connectivity index (χ1) is 7.59. The van der Waals surface area contributed by atoms with Gasteiger partial charge in [-0.05, 0) is 67.7 Å². The van der Waals surface area contributed by atoms with Crippen LogP contribution in [0.2, 0.25) is 5.02 Å². The van der Waals surface area contributed by atoms with E-state index in [4.69, 9.17) is 11.6 Å². The van der Waals surface area contributed by atoms with Crippen molar-refractivity contribution in [3.05, 3.63) is 53.2 Å². The first-order valence-corrected chi connectivity index (χ1v) is 8.46. The van der Waals surface area contributed by atoms with Crippen molar-refractivity contribution in [1.82, 2.24) is 0 Å². The average Bonchev–Trinajstić information content (AvgIpc) is 2.67. The Bertz CT molecular complexity index is 512. The predicted octanol–water partition coefficient (Wildman–Crippen LogP) is 6.25. The topological polar surface area (TPSA) is 0 Å². The molecule has 0 aliphatic rings. The monoisotopic (exact) mass is 490 g/mol. The van der Waals surface area contributed by atoms with Gasteiger partial charge in [0.05, 0.1) is 9.85 Å². The molecule has 0 nitrogen and oxygen atoms in total. The molecule has 16 heavy (non-hydrogen) atoms. The maximum Gasteiger partial charge on any atom is 0.0749 e. The molecule has 1 aromatic heterocycles. The van der Waals surface area contributed by atoms with Gasteiger partial charge in [0.1, 0.15) is 0 Å². The Hall–Kier alpha value is 0.900. The van der Waals surface area contributed by atoms with Gasteiger partial charge < -0.3 is 0 Å². The number of thiophene rings is 1. The molecule has 0 radical (unpaired) electrons. The minimum absolute atomic E-state index is 0.191. The van der Waals surface area contributed by atoms with Gasteiger partial charge in [0, 0.05) is 12.9 Å². The molecule has 0 aliphatic carbocycles. The van der Waals surface area contributed by atoms with E-state index in [1.807, 2.05) is 12.1 Å². The SMILES string of the molecule is Clc1cc(C(Br)c2sccc2Br)ccc1I. The Morgan fingerprint density at radius 1 is 1.31 bits per heavy atom. The number of hydrogen-bond donors (Lipinski definition) is 0. The molecular weight excluding hydrogens is 486 g/mol. The number of hydrogen-bond acceptors (Lipinski definition) is 1. The van der Waals surface area contributed by atoms with Crippen molar-refractivity contribution in [3.8, 4) is 0 Å². The zero-order valence-electron chi connectivity index (χ0n) is 7.88. The summed E-state index contributed by atoms with van der Waals surface area (Å²) in [6.45, 7) is 0. The van der Waals surface area contributed by atoms with E-state index in [9.17, 15) is 0 Å². The van der Waals surface area contributed by atoms with E-state index in [-0.39, 0.29) is 4.83 Å². The summed E-state index contributed by atoms with van der Waals surface area (Å²) in [6, 6.07) is 8.20. The lowest BCUT2D eigenvalue weighted by Crippen LogP contribution is -1.91. The van der Waals surface area contributed by atoms with Gasteiger partial charge in [-0.2, -0.15) is 0 Å². The lowest BCUT2D eigenvalue weighted by molar-refractivity contribution is 1.21. The number of rotatable bonds is 2. The molecule has 0 saturated carbocycles. The molecular formula is C11H6Br2ClIS. The minimum atomic E-state index is 0.191. The highest BCUT2D eigenvalue weighted by molar-refractivity contribution is 14.1. The predicted molar refractivity (Wildman–Crippen MR) is 87.0 cm³/mol.